The first-order valence-electron chi connectivity index (χ1n) is 7.29. The molecule has 4 aliphatic rings. The molecule has 3 nitrogen and oxygen atoms in total. The van der Waals surface area contributed by atoms with E-state index in [-0.39, 0.29) is 0 Å². The van der Waals surface area contributed by atoms with Crippen molar-refractivity contribution in [2.75, 3.05) is 12.4 Å². The molecule has 1 heterocycles. The Labute approximate surface area is 108 Å². The number of hydrogen-bond acceptors (Lipinski definition) is 3. The number of anilines is 1. The maximum absolute atomic E-state index is 4.53. The van der Waals surface area contributed by atoms with Gasteiger partial charge in [0.05, 0.1) is 5.69 Å². The van der Waals surface area contributed by atoms with E-state index in [9.17, 15) is 0 Å². The zero-order valence-corrected chi connectivity index (χ0v) is 11.0. The molecule has 0 radical (unpaired) electrons. The molecular formula is C15H21N3. The highest BCUT2D eigenvalue weighted by molar-refractivity contribution is 5.34. The Morgan fingerprint density at radius 2 is 1.61 bits per heavy atom. The predicted octanol–water partition coefficient (Wildman–Crippen LogP) is 2.99. The number of rotatable bonds is 2. The molecular weight excluding hydrogens is 222 g/mol. The Hall–Kier alpha value is -1.12. The summed E-state index contributed by atoms with van der Waals surface area (Å²) in [4.78, 5) is 0. The van der Waals surface area contributed by atoms with Crippen LogP contribution in [0.3, 0.4) is 0 Å². The molecule has 0 amide bonds. The summed E-state index contributed by atoms with van der Waals surface area (Å²) in [5.74, 6) is 3.80. The molecule has 0 aromatic carbocycles. The van der Waals surface area contributed by atoms with Crippen molar-refractivity contribution in [3.05, 3.63) is 17.8 Å². The monoisotopic (exact) mass is 243 g/mol. The standard InChI is InChI=1S/C15H21N3/c1-16-14-3-2-13(17-18-14)15-7-10-4-11(8-15)6-12(5-10)9-15/h2-3,10-12H,4-9H2,1H3,(H,16,18). The lowest BCUT2D eigenvalue weighted by molar-refractivity contribution is -0.00757. The molecule has 5 rings (SSSR count). The van der Waals surface area contributed by atoms with E-state index in [0.29, 0.717) is 5.41 Å². The van der Waals surface area contributed by atoms with Crippen LogP contribution in [0.15, 0.2) is 12.1 Å². The van der Waals surface area contributed by atoms with Crippen LogP contribution in [0, 0.1) is 17.8 Å². The van der Waals surface area contributed by atoms with Crippen molar-refractivity contribution in [2.24, 2.45) is 17.8 Å². The first-order chi connectivity index (χ1) is 8.77. The van der Waals surface area contributed by atoms with E-state index in [4.69, 9.17) is 0 Å². The third-order valence-corrected chi connectivity index (χ3v) is 5.50. The molecule has 4 aliphatic carbocycles. The maximum Gasteiger partial charge on any atom is 0.148 e. The first-order valence-corrected chi connectivity index (χ1v) is 7.29. The van der Waals surface area contributed by atoms with E-state index in [2.05, 4.69) is 27.6 Å². The lowest BCUT2D eigenvalue weighted by Crippen LogP contribution is -2.49. The molecule has 4 saturated carbocycles. The fourth-order valence-corrected chi connectivity index (χ4v) is 5.17. The molecule has 0 aliphatic heterocycles. The van der Waals surface area contributed by atoms with Gasteiger partial charge in [-0.2, -0.15) is 5.10 Å². The fourth-order valence-electron chi connectivity index (χ4n) is 5.17. The number of nitrogens with one attached hydrogen (secondary N) is 1. The Kier molecular flexibility index (Phi) is 2.21. The number of aromatic nitrogens is 2. The minimum Gasteiger partial charge on any atom is -0.372 e. The van der Waals surface area contributed by atoms with Crippen LogP contribution in [-0.4, -0.2) is 17.2 Å². The second kappa shape index (κ2) is 3.69. The zero-order chi connectivity index (χ0) is 12.2. The SMILES string of the molecule is CNc1ccc(C23CC4CC(CC(C4)C2)C3)nn1. The molecule has 1 N–H and O–H groups in total. The number of hydrogen-bond donors (Lipinski definition) is 1. The highest BCUT2D eigenvalue weighted by Gasteiger charge is 2.52. The molecule has 96 valence electrons. The van der Waals surface area contributed by atoms with Gasteiger partial charge in [-0.05, 0) is 68.4 Å². The van der Waals surface area contributed by atoms with Gasteiger partial charge in [-0.25, -0.2) is 0 Å². The van der Waals surface area contributed by atoms with Gasteiger partial charge in [0.25, 0.3) is 0 Å². The second-order valence-corrected chi connectivity index (χ2v) is 6.75. The van der Waals surface area contributed by atoms with E-state index < -0.39 is 0 Å². The van der Waals surface area contributed by atoms with Crippen LogP contribution in [0.25, 0.3) is 0 Å². The van der Waals surface area contributed by atoms with E-state index >= 15 is 0 Å². The summed E-state index contributed by atoms with van der Waals surface area (Å²) >= 11 is 0. The van der Waals surface area contributed by atoms with E-state index in [1.54, 1.807) is 0 Å². The molecule has 0 unspecified atom stereocenters. The third kappa shape index (κ3) is 1.49. The lowest BCUT2D eigenvalue weighted by atomic mass is 9.49. The van der Waals surface area contributed by atoms with Gasteiger partial charge < -0.3 is 5.32 Å². The van der Waals surface area contributed by atoms with Crippen molar-refractivity contribution in [3.8, 4) is 0 Å². The predicted molar refractivity (Wildman–Crippen MR) is 71.4 cm³/mol. The van der Waals surface area contributed by atoms with Gasteiger partial charge in [0.1, 0.15) is 5.82 Å². The van der Waals surface area contributed by atoms with Crippen LogP contribution in [0.1, 0.15) is 44.2 Å². The van der Waals surface area contributed by atoms with Crippen LogP contribution >= 0.6 is 0 Å². The van der Waals surface area contributed by atoms with Gasteiger partial charge in [-0.1, -0.05) is 0 Å². The molecule has 1 aromatic heterocycles. The van der Waals surface area contributed by atoms with Crippen LogP contribution in [0.5, 0.6) is 0 Å². The smallest absolute Gasteiger partial charge is 0.148 e. The maximum atomic E-state index is 4.53. The van der Waals surface area contributed by atoms with Crippen molar-refractivity contribution in [1.82, 2.24) is 10.2 Å². The quantitative estimate of drug-likeness (QED) is 0.867. The topological polar surface area (TPSA) is 37.8 Å². The Bertz CT molecular complexity index is 416. The molecule has 0 spiro atoms. The van der Waals surface area contributed by atoms with Crippen LogP contribution in [0.2, 0.25) is 0 Å². The highest BCUT2D eigenvalue weighted by Crippen LogP contribution is 2.60. The van der Waals surface area contributed by atoms with Crippen LogP contribution in [0.4, 0.5) is 5.82 Å². The molecule has 0 saturated heterocycles. The number of nitrogens with zero attached hydrogens (tertiary/aromatic N) is 2. The molecule has 3 heteroatoms. The Balaban J connectivity index is 1.70. The first kappa shape index (κ1) is 10.8. The summed E-state index contributed by atoms with van der Waals surface area (Å²) in [6, 6.07) is 4.30. The summed E-state index contributed by atoms with van der Waals surface area (Å²) in [7, 11) is 1.90. The van der Waals surface area contributed by atoms with Crippen molar-refractivity contribution < 1.29 is 0 Å². The zero-order valence-electron chi connectivity index (χ0n) is 11.0. The summed E-state index contributed by atoms with van der Waals surface area (Å²) < 4.78 is 0. The van der Waals surface area contributed by atoms with E-state index in [1.807, 2.05) is 7.05 Å². The minimum atomic E-state index is 0.383. The fraction of sp³-hybridized carbons (Fsp3) is 0.733. The summed E-state index contributed by atoms with van der Waals surface area (Å²) in [5, 5.41) is 11.9. The lowest BCUT2D eigenvalue weighted by Gasteiger charge is -2.56. The summed E-state index contributed by atoms with van der Waals surface area (Å²) in [6.45, 7) is 0. The van der Waals surface area contributed by atoms with Gasteiger partial charge in [0.2, 0.25) is 0 Å². The van der Waals surface area contributed by atoms with Gasteiger partial charge in [0.15, 0.2) is 0 Å². The average molecular weight is 243 g/mol. The molecule has 1 aromatic rings. The summed E-state index contributed by atoms with van der Waals surface area (Å²) in [6.07, 6.45) is 8.57. The minimum absolute atomic E-state index is 0.383. The largest absolute Gasteiger partial charge is 0.372 e. The molecule has 18 heavy (non-hydrogen) atoms. The third-order valence-electron chi connectivity index (χ3n) is 5.50. The second-order valence-electron chi connectivity index (χ2n) is 6.75. The van der Waals surface area contributed by atoms with Gasteiger partial charge in [-0.15, -0.1) is 5.10 Å². The van der Waals surface area contributed by atoms with Crippen LogP contribution in [-0.2, 0) is 5.41 Å². The molecule has 0 atom stereocenters. The van der Waals surface area contributed by atoms with Gasteiger partial charge in [0, 0.05) is 12.5 Å². The Morgan fingerprint density at radius 3 is 2.06 bits per heavy atom. The highest BCUT2D eigenvalue weighted by atomic mass is 15.2. The van der Waals surface area contributed by atoms with Crippen molar-refractivity contribution in [1.29, 1.82) is 0 Å². The normalized spacial score (nSPS) is 41.1. The van der Waals surface area contributed by atoms with E-state index in [0.717, 1.165) is 23.6 Å². The van der Waals surface area contributed by atoms with Crippen LogP contribution < -0.4 is 5.32 Å². The van der Waals surface area contributed by atoms with Gasteiger partial charge in [-0.3, -0.25) is 0 Å². The van der Waals surface area contributed by atoms with Crippen molar-refractivity contribution >= 4 is 5.82 Å². The van der Waals surface area contributed by atoms with Crippen molar-refractivity contribution in [3.63, 3.8) is 0 Å². The molecule has 4 bridgehead atoms. The van der Waals surface area contributed by atoms with E-state index in [1.165, 1.54) is 44.2 Å². The van der Waals surface area contributed by atoms with Crippen molar-refractivity contribution in [2.45, 2.75) is 43.9 Å². The average Bonchev–Trinajstić information content (AvgIpc) is 2.37. The van der Waals surface area contributed by atoms with Gasteiger partial charge >= 0.3 is 0 Å². The Morgan fingerprint density at radius 1 is 1.00 bits per heavy atom. The molecule has 4 fully saturated rings. The summed E-state index contributed by atoms with van der Waals surface area (Å²) in [5.41, 5.74) is 1.65.